The summed E-state index contributed by atoms with van der Waals surface area (Å²) in [5.41, 5.74) is 0.538. The van der Waals surface area contributed by atoms with E-state index >= 15 is 0 Å². The molecular weight excluding hydrogens is 226 g/mol. The van der Waals surface area contributed by atoms with Gasteiger partial charge in [0.25, 0.3) is 0 Å². The quantitative estimate of drug-likeness (QED) is 0.885. The molecule has 0 aliphatic carbocycles. The summed E-state index contributed by atoms with van der Waals surface area (Å²) < 4.78 is 30.4. The maximum absolute atomic E-state index is 11.8. The number of hydrogen-bond donors (Lipinski definition) is 1. The van der Waals surface area contributed by atoms with Crippen molar-refractivity contribution >= 4 is 15.7 Å². The lowest BCUT2D eigenvalue weighted by atomic mass is 10.3. The van der Waals surface area contributed by atoms with Crippen molar-refractivity contribution in [3.8, 4) is 5.75 Å². The zero-order valence-corrected chi connectivity index (χ0v) is 10.8. The topological polar surface area (TPSA) is 55.4 Å². The van der Waals surface area contributed by atoms with Gasteiger partial charge in [0.15, 0.2) is 0 Å². The van der Waals surface area contributed by atoms with Crippen molar-refractivity contribution in [2.75, 3.05) is 11.8 Å². The minimum Gasteiger partial charge on any atom is -0.497 e. The molecule has 1 N–H and O–H groups in total. The molecule has 1 aromatic carbocycles. The van der Waals surface area contributed by atoms with E-state index in [2.05, 4.69) is 4.72 Å². The van der Waals surface area contributed by atoms with Gasteiger partial charge in [0.2, 0.25) is 10.0 Å². The largest absolute Gasteiger partial charge is 0.497 e. The van der Waals surface area contributed by atoms with Gasteiger partial charge in [0, 0.05) is 5.69 Å². The van der Waals surface area contributed by atoms with Gasteiger partial charge in [-0.2, -0.15) is 0 Å². The van der Waals surface area contributed by atoms with Crippen LogP contribution in [0.2, 0.25) is 0 Å². The van der Waals surface area contributed by atoms with E-state index in [0.29, 0.717) is 11.4 Å². The molecule has 0 saturated heterocycles. The normalized spacial score (nSPS) is 12.2. The molecule has 16 heavy (non-hydrogen) atoms. The number of ether oxygens (including phenoxy) is 1. The van der Waals surface area contributed by atoms with Gasteiger partial charge in [-0.05, 0) is 45.0 Å². The van der Waals surface area contributed by atoms with Gasteiger partial charge in [-0.25, -0.2) is 8.42 Å². The first-order valence-electron chi connectivity index (χ1n) is 4.93. The molecule has 90 valence electrons. The second kappa shape index (κ2) is 4.33. The molecule has 0 aliphatic heterocycles. The van der Waals surface area contributed by atoms with E-state index in [4.69, 9.17) is 4.74 Å². The summed E-state index contributed by atoms with van der Waals surface area (Å²) in [5.74, 6) is 0.693. The molecule has 0 amide bonds. The average Bonchev–Trinajstić information content (AvgIpc) is 2.16. The highest BCUT2D eigenvalue weighted by Gasteiger charge is 2.28. The average molecular weight is 243 g/mol. The van der Waals surface area contributed by atoms with Crippen LogP contribution in [-0.4, -0.2) is 20.3 Å². The number of hydrogen-bond acceptors (Lipinski definition) is 3. The van der Waals surface area contributed by atoms with Crippen molar-refractivity contribution < 1.29 is 13.2 Å². The van der Waals surface area contributed by atoms with Gasteiger partial charge < -0.3 is 4.74 Å². The van der Waals surface area contributed by atoms with E-state index in [-0.39, 0.29) is 0 Å². The molecule has 0 saturated carbocycles. The van der Waals surface area contributed by atoms with Crippen LogP contribution in [0.4, 0.5) is 5.69 Å². The Morgan fingerprint density at radius 3 is 2.00 bits per heavy atom. The van der Waals surface area contributed by atoms with Crippen molar-refractivity contribution in [2.24, 2.45) is 0 Å². The van der Waals surface area contributed by atoms with Crippen molar-refractivity contribution in [2.45, 2.75) is 25.5 Å². The highest BCUT2D eigenvalue weighted by molar-refractivity contribution is 7.94. The number of rotatable bonds is 3. The van der Waals surface area contributed by atoms with E-state index in [1.165, 1.54) is 0 Å². The van der Waals surface area contributed by atoms with Crippen LogP contribution in [-0.2, 0) is 10.0 Å². The van der Waals surface area contributed by atoms with Crippen LogP contribution in [0.3, 0.4) is 0 Å². The Kier molecular flexibility index (Phi) is 3.48. The van der Waals surface area contributed by atoms with Crippen molar-refractivity contribution in [3.05, 3.63) is 24.3 Å². The lowest BCUT2D eigenvalue weighted by Crippen LogP contribution is -2.33. The molecule has 1 aromatic rings. The Morgan fingerprint density at radius 1 is 1.12 bits per heavy atom. The van der Waals surface area contributed by atoms with Crippen LogP contribution in [0, 0.1) is 0 Å². The molecule has 0 atom stereocenters. The molecule has 0 aliphatic rings. The van der Waals surface area contributed by atoms with Gasteiger partial charge in [-0.3, -0.25) is 4.72 Å². The highest BCUT2D eigenvalue weighted by atomic mass is 32.2. The molecule has 0 bridgehead atoms. The molecule has 0 radical (unpaired) electrons. The van der Waals surface area contributed by atoms with Crippen LogP contribution in [0.25, 0.3) is 0 Å². The van der Waals surface area contributed by atoms with Crippen molar-refractivity contribution in [3.63, 3.8) is 0 Å². The van der Waals surface area contributed by atoms with Gasteiger partial charge in [-0.15, -0.1) is 0 Å². The van der Waals surface area contributed by atoms with Crippen LogP contribution < -0.4 is 9.46 Å². The minimum atomic E-state index is -3.36. The predicted molar refractivity (Wildman–Crippen MR) is 65.3 cm³/mol. The first-order chi connectivity index (χ1) is 7.26. The van der Waals surface area contributed by atoms with Gasteiger partial charge in [0.05, 0.1) is 11.9 Å². The molecule has 0 spiro atoms. The molecule has 5 heteroatoms. The summed E-state index contributed by atoms with van der Waals surface area (Å²) in [6.45, 7) is 4.95. The van der Waals surface area contributed by atoms with Gasteiger partial charge in [-0.1, -0.05) is 0 Å². The SMILES string of the molecule is COc1ccc(NS(=O)(=O)C(C)(C)C)cc1. The summed E-state index contributed by atoms with van der Waals surface area (Å²) in [4.78, 5) is 0. The zero-order chi connectivity index (χ0) is 12.4. The van der Waals surface area contributed by atoms with Crippen LogP contribution in [0.5, 0.6) is 5.75 Å². The maximum atomic E-state index is 11.8. The van der Waals surface area contributed by atoms with Gasteiger partial charge >= 0.3 is 0 Å². The first kappa shape index (κ1) is 12.8. The molecule has 0 aromatic heterocycles. The number of sulfonamides is 1. The van der Waals surface area contributed by atoms with Crippen molar-refractivity contribution in [1.82, 2.24) is 0 Å². The van der Waals surface area contributed by atoms with Gasteiger partial charge in [0.1, 0.15) is 5.75 Å². The summed E-state index contributed by atoms with van der Waals surface area (Å²) in [5, 5.41) is 0. The standard InChI is InChI=1S/C11H17NO3S/c1-11(2,3)16(13,14)12-9-5-7-10(15-4)8-6-9/h5-8,12H,1-4H3. The number of nitrogens with one attached hydrogen (secondary N) is 1. The van der Waals surface area contributed by atoms with E-state index < -0.39 is 14.8 Å². The highest BCUT2D eigenvalue weighted by Crippen LogP contribution is 2.21. The second-order valence-electron chi connectivity index (χ2n) is 4.45. The fraction of sp³-hybridized carbons (Fsp3) is 0.455. The number of benzene rings is 1. The molecule has 0 unspecified atom stereocenters. The van der Waals surface area contributed by atoms with E-state index in [9.17, 15) is 8.42 Å². The molecule has 0 heterocycles. The fourth-order valence-corrected chi connectivity index (χ4v) is 1.72. The Bertz CT molecular complexity index is 443. The van der Waals surface area contributed by atoms with Crippen molar-refractivity contribution in [1.29, 1.82) is 0 Å². The Balaban J connectivity index is 2.89. The third-order valence-corrected chi connectivity index (χ3v) is 4.27. The van der Waals surface area contributed by atoms with Crippen LogP contribution in [0.1, 0.15) is 20.8 Å². The lowest BCUT2D eigenvalue weighted by molar-refractivity contribution is 0.415. The smallest absolute Gasteiger partial charge is 0.237 e. The molecule has 0 fully saturated rings. The summed E-state index contributed by atoms with van der Waals surface area (Å²) in [7, 11) is -1.80. The monoisotopic (exact) mass is 243 g/mol. The van der Waals surface area contributed by atoms with E-state index in [1.807, 2.05) is 0 Å². The summed E-state index contributed by atoms with van der Waals surface area (Å²) in [6, 6.07) is 6.76. The Hall–Kier alpha value is -1.23. The number of methoxy groups -OCH3 is 1. The molecule has 1 rings (SSSR count). The van der Waals surface area contributed by atoms with E-state index in [0.717, 1.165) is 0 Å². The Labute approximate surface area is 96.7 Å². The first-order valence-corrected chi connectivity index (χ1v) is 6.41. The van der Waals surface area contributed by atoms with E-state index in [1.54, 1.807) is 52.1 Å². The second-order valence-corrected chi connectivity index (χ2v) is 6.88. The fourth-order valence-electron chi connectivity index (χ4n) is 0.967. The lowest BCUT2D eigenvalue weighted by Gasteiger charge is -2.20. The van der Waals surface area contributed by atoms with Crippen LogP contribution >= 0.6 is 0 Å². The summed E-state index contributed by atoms with van der Waals surface area (Å²) in [6.07, 6.45) is 0. The minimum absolute atomic E-state index is 0.538. The molecule has 4 nitrogen and oxygen atoms in total. The molecular formula is C11H17NO3S. The van der Waals surface area contributed by atoms with Crippen LogP contribution in [0.15, 0.2) is 24.3 Å². The predicted octanol–water partition coefficient (Wildman–Crippen LogP) is 2.24. The Morgan fingerprint density at radius 2 is 1.62 bits per heavy atom. The number of anilines is 1. The third kappa shape index (κ3) is 2.88. The zero-order valence-electron chi connectivity index (χ0n) is 9.94. The maximum Gasteiger partial charge on any atom is 0.237 e. The summed E-state index contributed by atoms with van der Waals surface area (Å²) >= 11 is 0. The third-order valence-electron chi connectivity index (χ3n) is 2.15.